The fraction of sp³-hybridized carbons (Fsp3) is 0.500. The molecule has 0 aromatic heterocycles. The Morgan fingerprint density at radius 3 is 2.82 bits per heavy atom. The van der Waals surface area contributed by atoms with Crippen LogP contribution in [-0.2, 0) is 9.53 Å². The molecule has 0 radical (unpaired) electrons. The van der Waals surface area contributed by atoms with Crippen LogP contribution >= 0.6 is 0 Å². The second-order valence-electron chi connectivity index (χ2n) is 2.08. The summed E-state index contributed by atoms with van der Waals surface area (Å²) in [5.74, 6) is -0.351. The largest absolute Gasteiger partial charge is 0.460 e. The van der Waals surface area contributed by atoms with Gasteiger partial charge in [-0.25, -0.2) is 4.79 Å². The Morgan fingerprint density at radius 1 is 1.73 bits per heavy atom. The number of rotatable bonds is 4. The van der Waals surface area contributed by atoms with E-state index in [1.807, 2.05) is 6.92 Å². The molecule has 3 nitrogen and oxygen atoms in total. The number of carbonyl (C=O) groups is 1. The first-order valence-corrected chi connectivity index (χ1v) is 3.45. The van der Waals surface area contributed by atoms with Crippen LogP contribution in [0.2, 0.25) is 0 Å². The molecule has 0 atom stereocenters. The average Bonchev–Trinajstić information content (AvgIpc) is 1.97. The van der Waals surface area contributed by atoms with Crippen molar-refractivity contribution in [1.82, 2.24) is 0 Å². The summed E-state index contributed by atoms with van der Waals surface area (Å²) >= 11 is 0. The van der Waals surface area contributed by atoms with Gasteiger partial charge in [-0.15, -0.1) is 0 Å². The first-order valence-electron chi connectivity index (χ1n) is 3.45. The molecule has 0 aliphatic rings. The fourth-order valence-electron chi connectivity index (χ4n) is 0.443. The van der Waals surface area contributed by atoms with Gasteiger partial charge in [-0.3, -0.25) is 4.99 Å². The maximum atomic E-state index is 10.7. The van der Waals surface area contributed by atoms with Gasteiger partial charge in [0.1, 0.15) is 6.61 Å². The molecule has 0 saturated heterocycles. The molecule has 0 N–H and O–H groups in total. The van der Waals surface area contributed by atoms with E-state index in [-0.39, 0.29) is 5.97 Å². The van der Waals surface area contributed by atoms with Gasteiger partial charge in [0.25, 0.3) is 0 Å². The highest BCUT2D eigenvalue weighted by molar-refractivity contribution is 5.86. The van der Waals surface area contributed by atoms with Gasteiger partial charge in [0.2, 0.25) is 0 Å². The van der Waals surface area contributed by atoms with Crippen LogP contribution < -0.4 is 0 Å². The number of hydrogen-bond acceptors (Lipinski definition) is 3. The highest BCUT2D eigenvalue weighted by Crippen LogP contribution is 1.90. The number of nitrogens with zero attached hydrogens (tertiary/aromatic N) is 1. The lowest BCUT2D eigenvalue weighted by molar-refractivity contribution is -0.138. The monoisotopic (exact) mass is 155 g/mol. The Morgan fingerprint density at radius 2 is 2.36 bits per heavy atom. The third-order valence-electron chi connectivity index (χ3n) is 0.985. The number of esters is 1. The Bertz CT molecular complexity index is 173. The third-order valence-corrected chi connectivity index (χ3v) is 0.985. The summed E-state index contributed by atoms with van der Waals surface area (Å²) < 4.78 is 4.75. The van der Waals surface area contributed by atoms with Crippen molar-refractivity contribution in [3.63, 3.8) is 0 Å². The van der Waals surface area contributed by atoms with Crippen molar-refractivity contribution in [3.05, 3.63) is 12.2 Å². The Balaban J connectivity index is 3.39. The summed E-state index contributed by atoms with van der Waals surface area (Å²) in [7, 11) is 0. The van der Waals surface area contributed by atoms with E-state index in [2.05, 4.69) is 11.6 Å². The summed E-state index contributed by atoms with van der Waals surface area (Å²) in [4.78, 5) is 14.6. The number of ether oxygens (including phenoxy) is 1. The van der Waals surface area contributed by atoms with Crippen molar-refractivity contribution in [2.75, 3.05) is 13.2 Å². The smallest absolute Gasteiger partial charge is 0.333 e. The number of carbonyl (C=O) groups excluding carboxylic acids is 1. The lowest BCUT2D eigenvalue weighted by atomic mass is 10.4. The minimum atomic E-state index is -0.351. The van der Waals surface area contributed by atoms with Crippen molar-refractivity contribution in [2.24, 2.45) is 4.99 Å². The predicted molar refractivity (Wildman–Crippen MR) is 44.8 cm³/mol. The highest BCUT2D eigenvalue weighted by atomic mass is 16.5. The molecule has 0 fully saturated rings. The molecular formula is C8H13NO2. The Labute approximate surface area is 66.8 Å². The van der Waals surface area contributed by atoms with Gasteiger partial charge in [0.05, 0.1) is 6.54 Å². The van der Waals surface area contributed by atoms with Crippen LogP contribution in [0.1, 0.15) is 13.8 Å². The maximum absolute atomic E-state index is 10.7. The Hall–Kier alpha value is -1.12. The van der Waals surface area contributed by atoms with Crippen molar-refractivity contribution in [2.45, 2.75) is 13.8 Å². The molecule has 0 spiro atoms. The van der Waals surface area contributed by atoms with E-state index in [0.717, 1.165) is 0 Å². The zero-order valence-electron chi connectivity index (χ0n) is 6.96. The molecule has 0 aliphatic heterocycles. The van der Waals surface area contributed by atoms with Gasteiger partial charge in [-0.2, -0.15) is 0 Å². The van der Waals surface area contributed by atoms with Crippen molar-refractivity contribution in [1.29, 1.82) is 0 Å². The molecule has 0 heterocycles. The first kappa shape index (κ1) is 9.88. The van der Waals surface area contributed by atoms with Gasteiger partial charge in [-0.1, -0.05) is 6.58 Å². The Kier molecular flexibility index (Phi) is 5.07. The molecule has 0 aromatic carbocycles. The standard InChI is InChI=1S/C8H13NO2/c1-4-9-5-6-11-8(10)7(2)3/h4H,2,5-6H2,1,3H3. The molecule has 11 heavy (non-hydrogen) atoms. The van der Waals surface area contributed by atoms with Crippen LogP contribution in [0.25, 0.3) is 0 Å². The lowest BCUT2D eigenvalue weighted by Gasteiger charge is -2.00. The molecule has 0 aromatic rings. The molecule has 0 unspecified atom stereocenters. The normalized spacial score (nSPS) is 10.0. The summed E-state index contributed by atoms with van der Waals surface area (Å²) in [6, 6.07) is 0. The highest BCUT2D eigenvalue weighted by Gasteiger charge is 2.00. The molecule has 62 valence electrons. The van der Waals surface area contributed by atoms with Crippen LogP contribution in [0.3, 0.4) is 0 Å². The molecule has 0 aliphatic carbocycles. The van der Waals surface area contributed by atoms with Gasteiger partial charge in [0.15, 0.2) is 0 Å². The minimum Gasteiger partial charge on any atom is -0.460 e. The zero-order chi connectivity index (χ0) is 8.69. The summed E-state index contributed by atoms with van der Waals surface area (Å²) in [6.45, 7) is 7.73. The van der Waals surface area contributed by atoms with E-state index in [1.165, 1.54) is 0 Å². The molecule has 0 rings (SSSR count). The van der Waals surface area contributed by atoms with Crippen LogP contribution in [0.5, 0.6) is 0 Å². The molecular weight excluding hydrogens is 142 g/mol. The first-order chi connectivity index (χ1) is 5.18. The van der Waals surface area contributed by atoms with E-state index >= 15 is 0 Å². The topological polar surface area (TPSA) is 38.7 Å². The van der Waals surface area contributed by atoms with Crippen molar-refractivity contribution in [3.8, 4) is 0 Å². The van der Waals surface area contributed by atoms with Crippen LogP contribution in [-0.4, -0.2) is 25.3 Å². The van der Waals surface area contributed by atoms with Crippen LogP contribution in [0, 0.1) is 0 Å². The summed E-state index contributed by atoms with van der Waals surface area (Å²) in [5.41, 5.74) is 0.422. The number of aliphatic imine (C=N–C) groups is 1. The predicted octanol–water partition coefficient (Wildman–Crippen LogP) is 1.20. The molecule has 0 amide bonds. The van der Waals surface area contributed by atoms with Crippen molar-refractivity contribution < 1.29 is 9.53 Å². The van der Waals surface area contributed by atoms with E-state index in [1.54, 1.807) is 13.1 Å². The van der Waals surface area contributed by atoms with E-state index in [0.29, 0.717) is 18.7 Å². The SMILES string of the molecule is C=C(C)C(=O)OCCN=CC. The zero-order valence-corrected chi connectivity index (χ0v) is 6.96. The van der Waals surface area contributed by atoms with Crippen LogP contribution in [0.4, 0.5) is 0 Å². The number of hydrogen-bond donors (Lipinski definition) is 0. The van der Waals surface area contributed by atoms with E-state index in [9.17, 15) is 4.79 Å². The van der Waals surface area contributed by atoms with Gasteiger partial charge in [-0.05, 0) is 20.1 Å². The summed E-state index contributed by atoms with van der Waals surface area (Å²) in [6.07, 6.45) is 1.68. The second-order valence-corrected chi connectivity index (χ2v) is 2.08. The average molecular weight is 155 g/mol. The van der Waals surface area contributed by atoms with Crippen LogP contribution in [0.15, 0.2) is 17.1 Å². The minimum absolute atomic E-state index is 0.329. The van der Waals surface area contributed by atoms with E-state index < -0.39 is 0 Å². The maximum Gasteiger partial charge on any atom is 0.333 e. The second kappa shape index (κ2) is 5.65. The lowest BCUT2D eigenvalue weighted by Crippen LogP contribution is -2.07. The van der Waals surface area contributed by atoms with Gasteiger partial charge >= 0.3 is 5.97 Å². The van der Waals surface area contributed by atoms with Gasteiger partial charge in [0, 0.05) is 5.57 Å². The molecule has 0 saturated carbocycles. The molecule has 3 heteroatoms. The quantitative estimate of drug-likeness (QED) is 0.265. The molecule has 0 bridgehead atoms. The van der Waals surface area contributed by atoms with E-state index in [4.69, 9.17) is 4.74 Å². The van der Waals surface area contributed by atoms with Gasteiger partial charge < -0.3 is 4.74 Å². The van der Waals surface area contributed by atoms with Crippen molar-refractivity contribution >= 4 is 12.2 Å². The summed E-state index contributed by atoms with van der Waals surface area (Å²) in [5, 5.41) is 0. The fourth-order valence-corrected chi connectivity index (χ4v) is 0.443. The third kappa shape index (κ3) is 5.33.